The molecule has 0 bridgehead atoms. The van der Waals surface area contributed by atoms with Gasteiger partial charge < -0.3 is 14.9 Å². The second-order valence-corrected chi connectivity index (χ2v) is 8.70. The van der Waals surface area contributed by atoms with Gasteiger partial charge in [-0.25, -0.2) is 0 Å². The Bertz CT molecular complexity index is 578. The Morgan fingerprint density at radius 3 is 2.83 bits per heavy atom. The van der Waals surface area contributed by atoms with Crippen molar-refractivity contribution >= 4 is 5.78 Å². The zero-order valence-corrected chi connectivity index (χ0v) is 15.0. The maximum absolute atomic E-state index is 12.8. The fourth-order valence-corrected chi connectivity index (χ4v) is 4.58. The number of rotatable bonds is 4. The molecule has 1 aliphatic heterocycles. The van der Waals surface area contributed by atoms with Crippen LogP contribution in [0.3, 0.4) is 0 Å². The zero-order valence-electron chi connectivity index (χ0n) is 15.0. The standard InChI is InChI=1S/C20H30O4/c1-13-5-6-17-20(4,24-17)10-7-15-14(13)11-19(15,3)16(22)8-9-18(2,23)12-21/h8-9,14-15,17,21,23H,1,5-7,10-12H2,2-4H3/b9-8+/t14-,15-,17-,18?,19-,20-/m0/s1. The van der Waals surface area contributed by atoms with Gasteiger partial charge in [-0.05, 0) is 69.9 Å². The molecule has 4 heteroatoms. The fraction of sp³-hybridized carbons (Fsp3) is 0.750. The minimum absolute atomic E-state index is 0.00881. The zero-order chi connectivity index (χ0) is 17.8. The van der Waals surface area contributed by atoms with Crippen LogP contribution in [0.1, 0.15) is 52.9 Å². The molecule has 6 atom stereocenters. The van der Waals surface area contributed by atoms with Gasteiger partial charge in [0.1, 0.15) is 5.60 Å². The van der Waals surface area contributed by atoms with Crippen LogP contribution in [0.5, 0.6) is 0 Å². The van der Waals surface area contributed by atoms with E-state index in [1.54, 1.807) is 0 Å². The first kappa shape index (κ1) is 17.8. The van der Waals surface area contributed by atoms with Crippen molar-refractivity contribution in [3.05, 3.63) is 24.3 Å². The highest BCUT2D eigenvalue weighted by molar-refractivity contribution is 5.95. The van der Waals surface area contributed by atoms with Gasteiger partial charge in [0.15, 0.2) is 5.78 Å². The monoisotopic (exact) mass is 334 g/mol. The molecular weight excluding hydrogens is 304 g/mol. The van der Waals surface area contributed by atoms with Crippen LogP contribution in [-0.2, 0) is 9.53 Å². The topological polar surface area (TPSA) is 70.1 Å². The first-order valence-corrected chi connectivity index (χ1v) is 9.04. The minimum atomic E-state index is -1.35. The SMILES string of the molecule is C=C1CC[C@@H]2O[C@@]2(C)CC[C@H]2[C@H]1C[C@]2(C)C(=O)/C=C/C(C)(O)CO. The number of ketones is 1. The van der Waals surface area contributed by atoms with Gasteiger partial charge in [-0.1, -0.05) is 19.1 Å². The second-order valence-electron chi connectivity index (χ2n) is 8.70. The van der Waals surface area contributed by atoms with Crippen molar-refractivity contribution in [2.45, 2.75) is 70.2 Å². The first-order valence-electron chi connectivity index (χ1n) is 9.04. The van der Waals surface area contributed by atoms with E-state index in [4.69, 9.17) is 9.84 Å². The lowest BCUT2D eigenvalue weighted by Gasteiger charge is -2.53. The van der Waals surface area contributed by atoms with Crippen LogP contribution in [-0.4, -0.2) is 39.9 Å². The number of epoxide rings is 1. The third kappa shape index (κ3) is 3.00. The van der Waals surface area contributed by atoms with Crippen LogP contribution in [0.2, 0.25) is 0 Å². The maximum Gasteiger partial charge on any atom is 0.161 e. The molecule has 0 radical (unpaired) electrons. The smallest absolute Gasteiger partial charge is 0.161 e. The highest BCUT2D eigenvalue weighted by Gasteiger charge is 2.58. The number of hydrogen-bond donors (Lipinski definition) is 2. The molecule has 1 heterocycles. The van der Waals surface area contributed by atoms with Crippen LogP contribution >= 0.6 is 0 Å². The van der Waals surface area contributed by atoms with Gasteiger partial charge in [0.25, 0.3) is 0 Å². The van der Waals surface area contributed by atoms with E-state index in [9.17, 15) is 9.90 Å². The average Bonchev–Trinajstić information content (AvgIpc) is 3.16. The van der Waals surface area contributed by atoms with Gasteiger partial charge in [-0.2, -0.15) is 0 Å². The molecule has 0 aromatic heterocycles. The molecule has 3 rings (SSSR count). The van der Waals surface area contributed by atoms with Gasteiger partial charge in [0, 0.05) is 5.41 Å². The summed E-state index contributed by atoms with van der Waals surface area (Å²) in [4.78, 5) is 12.8. The molecule has 2 aliphatic carbocycles. The van der Waals surface area contributed by atoms with E-state index in [1.165, 1.54) is 24.6 Å². The molecule has 0 amide bonds. The Labute approximate surface area is 144 Å². The van der Waals surface area contributed by atoms with Gasteiger partial charge in [0.05, 0.1) is 18.3 Å². The highest BCUT2D eigenvalue weighted by Crippen LogP contribution is 2.60. The summed E-state index contributed by atoms with van der Waals surface area (Å²) in [5.74, 6) is 0.760. The largest absolute Gasteiger partial charge is 0.393 e. The predicted octanol–water partition coefficient (Wildman–Crippen LogP) is 2.79. The molecule has 2 N–H and O–H groups in total. The van der Waals surface area contributed by atoms with Gasteiger partial charge >= 0.3 is 0 Å². The van der Waals surface area contributed by atoms with Crippen molar-refractivity contribution in [3.63, 3.8) is 0 Å². The summed E-state index contributed by atoms with van der Waals surface area (Å²) < 4.78 is 5.87. The van der Waals surface area contributed by atoms with E-state index in [0.717, 1.165) is 32.1 Å². The molecule has 1 unspecified atom stereocenters. The first-order chi connectivity index (χ1) is 11.1. The van der Waals surface area contributed by atoms with E-state index in [2.05, 4.69) is 13.5 Å². The van der Waals surface area contributed by atoms with Crippen molar-refractivity contribution < 1.29 is 19.7 Å². The molecule has 2 saturated carbocycles. The number of allylic oxidation sites excluding steroid dienone is 2. The molecule has 24 heavy (non-hydrogen) atoms. The minimum Gasteiger partial charge on any atom is -0.393 e. The maximum atomic E-state index is 12.8. The summed E-state index contributed by atoms with van der Waals surface area (Å²) in [6, 6.07) is 0. The van der Waals surface area contributed by atoms with E-state index >= 15 is 0 Å². The number of ether oxygens (including phenoxy) is 1. The van der Waals surface area contributed by atoms with Crippen LogP contribution in [0.4, 0.5) is 0 Å². The molecule has 3 fully saturated rings. The summed E-state index contributed by atoms with van der Waals surface area (Å²) in [6.07, 6.45) is 8.07. The quantitative estimate of drug-likeness (QED) is 0.471. The summed E-state index contributed by atoms with van der Waals surface area (Å²) in [5, 5.41) is 19.0. The van der Waals surface area contributed by atoms with Crippen LogP contribution in [0.15, 0.2) is 24.3 Å². The lowest BCUT2D eigenvalue weighted by atomic mass is 9.49. The van der Waals surface area contributed by atoms with Gasteiger partial charge in [-0.3, -0.25) is 4.79 Å². The molecular formula is C20H30O4. The van der Waals surface area contributed by atoms with Crippen molar-refractivity contribution in [2.24, 2.45) is 17.3 Å². The summed E-state index contributed by atoms with van der Waals surface area (Å²) >= 11 is 0. The molecule has 0 spiro atoms. The van der Waals surface area contributed by atoms with Crippen LogP contribution in [0.25, 0.3) is 0 Å². The third-order valence-electron chi connectivity index (χ3n) is 6.66. The summed E-state index contributed by atoms with van der Waals surface area (Å²) in [5.41, 5.74) is -0.498. The number of carbonyl (C=O) groups is 1. The average molecular weight is 334 g/mol. The lowest BCUT2D eigenvalue weighted by Crippen LogP contribution is -2.51. The van der Waals surface area contributed by atoms with Crippen molar-refractivity contribution in [2.75, 3.05) is 6.61 Å². The van der Waals surface area contributed by atoms with E-state index in [-0.39, 0.29) is 11.4 Å². The molecule has 4 nitrogen and oxygen atoms in total. The third-order valence-corrected chi connectivity index (χ3v) is 6.66. The van der Waals surface area contributed by atoms with E-state index in [1.807, 2.05) is 6.92 Å². The van der Waals surface area contributed by atoms with Gasteiger partial charge in [-0.15, -0.1) is 0 Å². The predicted molar refractivity (Wildman–Crippen MR) is 92.4 cm³/mol. The molecule has 0 aromatic carbocycles. The number of fused-ring (bicyclic) bond motifs is 2. The van der Waals surface area contributed by atoms with E-state index < -0.39 is 17.6 Å². The number of carbonyl (C=O) groups excluding carboxylic acids is 1. The number of aliphatic hydroxyl groups is 2. The molecule has 0 aromatic rings. The van der Waals surface area contributed by atoms with Crippen molar-refractivity contribution in [1.29, 1.82) is 0 Å². The van der Waals surface area contributed by atoms with Crippen LogP contribution in [0, 0.1) is 17.3 Å². The van der Waals surface area contributed by atoms with Crippen molar-refractivity contribution in [3.8, 4) is 0 Å². The number of aliphatic hydroxyl groups excluding tert-OH is 1. The number of hydrogen-bond acceptors (Lipinski definition) is 4. The molecule has 134 valence electrons. The molecule has 3 aliphatic rings. The van der Waals surface area contributed by atoms with Crippen molar-refractivity contribution in [1.82, 2.24) is 0 Å². The molecule has 1 saturated heterocycles. The normalized spacial score (nSPS) is 44.4. The van der Waals surface area contributed by atoms with Gasteiger partial charge in [0.2, 0.25) is 0 Å². The Kier molecular flexibility index (Phi) is 4.30. The Hall–Kier alpha value is -0.970. The lowest BCUT2D eigenvalue weighted by molar-refractivity contribution is -0.138. The Morgan fingerprint density at radius 2 is 2.17 bits per heavy atom. The summed E-state index contributed by atoms with van der Waals surface area (Å²) in [7, 11) is 0. The Balaban J connectivity index is 1.74. The summed E-state index contributed by atoms with van der Waals surface area (Å²) in [6.45, 7) is 9.59. The van der Waals surface area contributed by atoms with E-state index in [0.29, 0.717) is 17.9 Å². The highest BCUT2D eigenvalue weighted by atomic mass is 16.6. The second kappa shape index (κ2) is 5.79. The van der Waals surface area contributed by atoms with Crippen LogP contribution < -0.4 is 0 Å². The fourth-order valence-electron chi connectivity index (χ4n) is 4.58. The Morgan fingerprint density at radius 1 is 1.46 bits per heavy atom.